The summed E-state index contributed by atoms with van der Waals surface area (Å²) >= 11 is 6.95. The molecule has 0 saturated carbocycles. The molecular weight excluding hydrogens is 442 g/mol. The standard InChI is InChI=1S/C22H23N7OS2/c1-14(29-20(26-27-22(29)31)17-9-6-12-32-17)21(30)23-16-8-5-7-15(13-16)19-25-24-18-10-3-2-4-11-28(18)19/h5-9,12-14H,2-4,10-11H2,1H3,(H,23,30)(H,27,31). The Labute approximate surface area is 194 Å². The third-order valence-electron chi connectivity index (χ3n) is 5.71. The molecule has 4 heterocycles. The van der Waals surface area contributed by atoms with Gasteiger partial charge in [-0.15, -0.1) is 21.5 Å². The number of hydrogen-bond donors (Lipinski definition) is 2. The summed E-state index contributed by atoms with van der Waals surface area (Å²) < 4.78 is 4.36. The molecule has 0 saturated heterocycles. The van der Waals surface area contributed by atoms with Gasteiger partial charge >= 0.3 is 0 Å². The van der Waals surface area contributed by atoms with Crippen LogP contribution in [0.25, 0.3) is 22.1 Å². The highest BCUT2D eigenvalue weighted by molar-refractivity contribution is 7.71. The lowest BCUT2D eigenvalue weighted by Crippen LogP contribution is -2.24. The van der Waals surface area contributed by atoms with Gasteiger partial charge in [-0.05, 0) is 55.6 Å². The zero-order valence-corrected chi connectivity index (χ0v) is 19.2. The van der Waals surface area contributed by atoms with Crippen LogP contribution >= 0.6 is 23.6 Å². The van der Waals surface area contributed by atoms with Crippen molar-refractivity contribution in [2.24, 2.45) is 0 Å². The van der Waals surface area contributed by atoms with E-state index in [1.807, 2.05) is 48.7 Å². The van der Waals surface area contributed by atoms with E-state index in [1.165, 1.54) is 6.42 Å². The molecule has 1 unspecified atom stereocenters. The van der Waals surface area contributed by atoms with E-state index in [-0.39, 0.29) is 5.91 Å². The Kier molecular flexibility index (Phi) is 5.71. The maximum Gasteiger partial charge on any atom is 0.247 e. The number of carbonyl (C=O) groups is 1. The molecule has 4 aromatic rings. The summed E-state index contributed by atoms with van der Waals surface area (Å²) in [6, 6.07) is 11.1. The number of fused-ring (bicyclic) bond motifs is 1. The molecule has 10 heteroatoms. The molecule has 1 atom stereocenters. The second-order valence-electron chi connectivity index (χ2n) is 7.85. The Hall–Kier alpha value is -3.11. The van der Waals surface area contributed by atoms with Gasteiger partial charge in [-0.25, -0.2) is 0 Å². The summed E-state index contributed by atoms with van der Waals surface area (Å²) in [5.41, 5.74) is 1.65. The molecule has 0 fully saturated rings. The number of nitrogens with zero attached hydrogens (tertiary/aromatic N) is 5. The third-order valence-corrected chi connectivity index (χ3v) is 6.86. The Morgan fingerprint density at radius 1 is 1.19 bits per heavy atom. The van der Waals surface area contributed by atoms with Crippen LogP contribution in [0.15, 0.2) is 41.8 Å². The SMILES string of the molecule is CC(C(=O)Nc1cccc(-c2nnc3n2CCCCC3)c1)n1c(-c2cccs2)n[nH]c1=S. The van der Waals surface area contributed by atoms with Crippen LogP contribution in [0.4, 0.5) is 5.69 Å². The van der Waals surface area contributed by atoms with Gasteiger partial charge in [0, 0.05) is 24.2 Å². The van der Waals surface area contributed by atoms with Crippen molar-refractivity contribution in [1.29, 1.82) is 0 Å². The lowest BCUT2D eigenvalue weighted by atomic mass is 10.1. The Bertz CT molecular complexity index is 1300. The van der Waals surface area contributed by atoms with E-state index in [2.05, 4.69) is 30.3 Å². The van der Waals surface area contributed by atoms with E-state index in [9.17, 15) is 4.79 Å². The van der Waals surface area contributed by atoms with Crippen molar-refractivity contribution in [1.82, 2.24) is 29.5 Å². The quantitative estimate of drug-likeness (QED) is 0.411. The molecule has 2 N–H and O–H groups in total. The van der Waals surface area contributed by atoms with E-state index in [4.69, 9.17) is 12.2 Å². The Morgan fingerprint density at radius 3 is 2.94 bits per heavy atom. The number of hydrogen-bond acceptors (Lipinski definition) is 6. The van der Waals surface area contributed by atoms with Gasteiger partial charge in [0.15, 0.2) is 16.4 Å². The number of benzene rings is 1. The average Bonchev–Trinajstić information content (AvgIpc) is 3.51. The molecule has 32 heavy (non-hydrogen) atoms. The first-order valence-electron chi connectivity index (χ1n) is 10.7. The number of aryl methyl sites for hydroxylation is 1. The number of anilines is 1. The van der Waals surface area contributed by atoms with Gasteiger partial charge in [0.2, 0.25) is 5.91 Å². The second kappa shape index (κ2) is 8.79. The molecule has 0 aliphatic carbocycles. The smallest absolute Gasteiger partial charge is 0.247 e. The van der Waals surface area contributed by atoms with Crippen molar-refractivity contribution in [2.45, 2.75) is 45.2 Å². The normalized spacial score (nSPS) is 14.5. The lowest BCUT2D eigenvalue weighted by molar-refractivity contribution is -0.118. The fourth-order valence-corrected chi connectivity index (χ4v) is 5.04. The van der Waals surface area contributed by atoms with Gasteiger partial charge in [-0.2, -0.15) is 5.10 Å². The van der Waals surface area contributed by atoms with Gasteiger partial charge in [0.25, 0.3) is 0 Å². The van der Waals surface area contributed by atoms with Crippen LogP contribution in [0.1, 0.15) is 38.1 Å². The van der Waals surface area contributed by atoms with Crippen molar-refractivity contribution in [3.8, 4) is 22.1 Å². The first-order valence-corrected chi connectivity index (χ1v) is 11.9. The van der Waals surface area contributed by atoms with E-state index < -0.39 is 6.04 Å². The van der Waals surface area contributed by atoms with Gasteiger partial charge in [0.1, 0.15) is 11.9 Å². The number of nitrogens with one attached hydrogen (secondary N) is 2. The van der Waals surface area contributed by atoms with Crippen molar-refractivity contribution in [2.75, 3.05) is 5.32 Å². The van der Waals surface area contributed by atoms with Crippen molar-refractivity contribution >= 4 is 35.1 Å². The maximum absolute atomic E-state index is 13.1. The average molecular weight is 466 g/mol. The van der Waals surface area contributed by atoms with Gasteiger partial charge in [-0.3, -0.25) is 14.5 Å². The second-order valence-corrected chi connectivity index (χ2v) is 9.18. The van der Waals surface area contributed by atoms with Crippen LogP contribution in [-0.4, -0.2) is 35.4 Å². The molecule has 0 radical (unpaired) electrons. The first-order chi connectivity index (χ1) is 15.6. The van der Waals surface area contributed by atoms with Gasteiger partial charge in [-0.1, -0.05) is 24.6 Å². The number of H-pyrrole nitrogens is 1. The highest BCUT2D eigenvalue weighted by Crippen LogP contribution is 2.28. The number of aromatic amines is 1. The largest absolute Gasteiger partial charge is 0.324 e. The molecule has 1 aliphatic heterocycles. The summed E-state index contributed by atoms with van der Waals surface area (Å²) in [7, 11) is 0. The lowest BCUT2D eigenvalue weighted by Gasteiger charge is -2.16. The van der Waals surface area contributed by atoms with Crippen LogP contribution in [-0.2, 0) is 17.8 Å². The Balaban J connectivity index is 1.39. The summed E-state index contributed by atoms with van der Waals surface area (Å²) in [5.74, 6) is 2.38. The fraction of sp³-hybridized carbons (Fsp3) is 0.318. The number of aromatic nitrogens is 6. The zero-order chi connectivity index (χ0) is 22.1. The molecule has 5 rings (SSSR count). The van der Waals surface area contributed by atoms with E-state index >= 15 is 0 Å². The maximum atomic E-state index is 13.1. The third kappa shape index (κ3) is 3.91. The summed E-state index contributed by atoms with van der Waals surface area (Å²) in [6.45, 7) is 2.75. The minimum atomic E-state index is -0.536. The predicted molar refractivity (Wildman–Crippen MR) is 127 cm³/mol. The summed E-state index contributed by atoms with van der Waals surface area (Å²) in [4.78, 5) is 14.1. The number of amides is 1. The van der Waals surface area contributed by atoms with Crippen LogP contribution in [0.3, 0.4) is 0 Å². The highest BCUT2D eigenvalue weighted by Gasteiger charge is 2.22. The molecule has 1 aromatic carbocycles. The van der Waals surface area contributed by atoms with Gasteiger partial charge in [0.05, 0.1) is 4.88 Å². The van der Waals surface area contributed by atoms with Crippen LogP contribution in [0.2, 0.25) is 0 Å². The van der Waals surface area contributed by atoms with Gasteiger partial charge < -0.3 is 9.88 Å². The summed E-state index contributed by atoms with van der Waals surface area (Å²) in [6.07, 6.45) is 4.44. The van der Waals surface area contributed by atoms with Crippen molar-refractivity contribution in [3.05, 3.63) is 52.4 Å². The van der Waals surface area contributed by atoms with Crippen LogP contribution in [0, 0.1) is 4.77 Å². The monoisotopic (exact) mass is 465 g/mol. The molecule has 0 bridgehead atoms. The van der Waals surface area contributed by atoms with Crippen molar-refractivity contribution < 1.29 is 4.79 Å². The Morgan fingerprint density at radius 2 is 2.09 bits per heavy atom. The zero-order valence-electron chi connectivity index (χ0n) is 17.6. The van der Waals surface area contributed by atoms with Crippen molar-refractivity contribution in [3.63, 3.8) is 0 Å². The van der Waals surface area contributed by atoms with E-state index in [1.54, 1.807) is 15.9 Å². The fourth-order valence-electron chi connectivity index (χ4n) is 4.04. The molecule has 3 aromatic heterocycles. The number of rotatable bonds is 5. The minimum Gasteiger partial charge on any atom is -0.324 e. The molecule has 164 valence electrons. The molecule has 1 aliphatic rings. The summed E-state index contributed by atoms with van der Waals surface area (Å²) in [5, 5.41) is 20.9. The topological polar surface area (TPSA) is 93.4 Å². The highest BCUT2D eigenvalue weighted by atomic mass is 32.1. The molecule has 1 amide bonds. The first kappa shape index (κ1) is 20.8. The predicted octanol–water partition coefficient (Wildman–Crippen LogP) is 4.85. The number of carbonyl (C=O) groups excluding carboxylic acids is 1. The van der Waals surface area contributed by atoms with Crippen LogP contribution < -0.4 is 5.32 Å². The molecule has 0 spiro atoms. The minimum absolute atomic E-state index is 0.169. The molecule has 8 nitrogen and oxygen atoms in total. The van der Waals surface area contributed by atoms with E-state index in [0.29, 0.717) is 16.3 Å². The van der Waals surface area contributed by atoms with E-state index in [0.717, 1.165) is 47.9 Å². The number of thiophene rings is 1. The van der Waals surface area contributed by atoms with Crippen LogP contribution in [0.5, 0.6) is 0 Å². The molecular formula is C22H23N7OS2.